The molecular formula is C16H17N5O3. The van der Waals surface area contributed by atoms with Gasteiger partial charge in [0.05, 0.1) is 23.8 Å². The van der Waals surface area contributed by atoms with E-state index in [0.717, 1.165) is 11.3 Å². The van der Waals surface area contributed by atoms with Gasteiger partial charge in [-0.05, 0) is 12.1 Å². The number of aliphatic hydroxyl groups is 2. The van der Waals surface area contributed by atoms with Gasteiger partial charge in [-0.25, -0.2) is 9.97 Å². The van der Waals surface area contributed by atoms with Crippen molar-refractivity contribution < 1.29 is 14.9 Å². The highest BCUT2D eigenvalue weighted by Gasteiger charge is 2.36. The van der Waals surface area contributed by atoms with Gasteiger partial charge >= 0.3 is 0 Å². The zero-order valence-corrected chi connectivity index (χ0v) is 12.8. The lowest BCUT2D eigenvalue weighted by Gasteiger charge is -2.17. The van der Waals surface area contributed by atoms with Crippen LogP contribution < -0.4 is 5.73 Å². The van der Waals surface area contributed by atoms with Gasteiger partial charge in [0.15, 0.2) is 6.23 Å². The fourth-order valence-corrected chi connectivity index (χ4v) is 3.12. The van der Waals surface area contributed by atoms with Crippen LogP contribution in [-0.2, 0) is 4.74 Å². The third-order valence-electron chi connectivity index (χ3n) is 4.22. The normalized spacial score (nSPS) is 23.8. The Morgan fingerprint density at radius 1 is 1.29 bits per heavy atom. The summed E-state index contributed by atoms with van der Waals surface area (Å²) >= 11 is 0. The Balaban J connectivity index is 1.90. The fourth-order valence-electron chi connectivity index (χ4n) is 3.12. The third-order valence-corrected chi connectivity index (χ3v) is 4.22. The van der Waals surface area contributed by atoms with Gasteiger partial charge in [0.25, 0.3) is 0 Å². The molecule has 3 aromatic rings. The summed E-state index contributed by atoms with van der Waals surface area (Å²) in [6.45, 7) is -0.142. The molecule has 1 aliphatic heterocycles. The molecular weight excluding hydrogens is 310 g/mol. The van der Waals surface area contributed by atoms with E-state index in [-0.39, 0.29) is 6.61 Å². The summed E-state index contributed by atoms with van der Waals surface area (Å²) in [6.07, 6.45) is 3.45. The van der Waals surface area contributed by atoms with E-state index in [4.69, 9.17) is 10.5 Å². The second-order valence-electron chi connectivity index (χ2n) is 5.76. The molecule has 0 aromatic carbocycles. The van der Waals surface area contributed by atoms with Gasteiger partial charge in [-0.3, -0.25) is 4.98 Å². The molecule has 8 heteroatoms. The van der Waals surface area contributed by atoms with E-state index >= 15 is 0 Å². The molecule has 4 rings (SSSR count). The molecule has 8 nitrogen and oxygen atoms in total. The quantitative estimate of drug-likeness (QED) is 0.648. The third kappa shape index (κ3) is 2.32. The monoisotopic (exact) mass is 327 g/mol. The number of anilines is 1. The van der Waals surface area contributed by atoms with Gasteiger partial charge in [-0.1, -0.05) is 6.07 Å². The van der Waals surface area contributed by atoms with Crippen LogP contribution in [0.2, 0.25) is 0 Å². The van der Waals surface area contributed by atoms with Gasteiger partial charge in [-0.15, -0.1) is 0 Å². The zero-order chi connectivity index (χ0) is 16.7. The van der Waals surface area contributed by atoms with Gasteiger partial charge in [0.2, 0.25) is 0 Å². The van der Waals surface area contributed by atoms with Gasteiger partial charge in [-0.2, -0.15) is 0 Å². The van der Waals surface area contributed by atoms with Crippen molar-refractivity contribution in [3.05, 3.63) is 36.9 Å². The average Bonchev–Trinajstić information content (AvgIpc) is 3.17. The summed E-state index contributed by atoms with van der Waals surface area (Å²) in [7, 11) is 0. The van der Waals surface area contributed by atoms with Crippen LogP contribution in [0.4, 0.5) is 5.82 Å². The molecule has 4 heterocycles. The van der Waals surface area contributed by atoms with Crippen LogP contribution >= 0.6 is 0 Å². The summed E-state index contributed by atoms with van der Waals surface area (Å²) in [5.41, 5.74) is 8.12. The molecule has 0 spiro atoms. The SMILES string of the molecule is Nc1ncnc2c1c(-c1ccccn1)cn2C1O[C@H](CO)C[C@H]1O. The summed E-state index contributed by atoms with van der Waals surface area (Å²) in [5.74, 6) is 0.339. The Morgan fingerprint density at radius 2 is 2.17 bits per heavy atom. The molecule has 24 heavy (non-hydrogen) atoms. The first kappa shape index (κ1) is 15.0. The highest BCUT2D eigenvalue weighted by molar-refractivity contribution is 5.99. The van der Waals surface area contributed by atoms with Crippen LogP contribution in [0.5, 0.6) is 0 Å². The number of rotatable bonds is 3. The minimum atomic E-state index is -0.745. The van der Waals surface area contributed by atoms with E-state index in [9.17, 15) is 10.2 Å². The molecule has 3 aromatic heterocycles. The molecule has 1 fully saturated rings. The number of fused-ring (bicyclic) bond motifs is 1. The highest BCUT2D eigenvalue weighted by Crippen LogP contribution is 2.37. The van der Waals surface area contributed by atoms with Crippen molar-refractivity contribution in [1.82, 2.24) is 19.5 Å². The molecule has 1 unspecified atom stereocenters. The average molecular weight is 327 g/mol. The number of ether oxygens (including phenoxy) is 1. The summed E-state index contributed by atoms with van der Waals surface area (Å²) in [5, 5.41) is 20.3. The fraction of sp³-hybridized carbons (Fsp3) is 0.312. The number of aromatic nitrogens is 4. The maximum atomic E-state index is 10.3. The molecule has 0 bridgehead atoms. The largest absolute Gasteiger partial charge is 0.394 e. The second kappa shape index (κ2) is 5.82. The molecule has 1 aliphatic rings. The lowest BCUT2D eigenvalue weighted by atomic mass is 10.1. The Kier molecular flexibility index (Phi) is 3.64. The smallest absolute Gasteiger partial charge is 0.161 e. The van der Waals surface area contributed by atoms with Gasteiger partial charge < -0.3 is 25.3 Å². The number of pyridine rings is 1. The number of nitrogen functional groups attached to an aromatic ring is 1. The molecule has 4 N–H and O–H groups in total. The lowest BCUT2D eigenvalue weighted by molar-refractivity contribution is -0.0483. The first-order valence-corrected chi connectivity index (χ1v) is 7.66. The Hall–Kier alpha value is -2.55. The van der Waals surface area contributed by atoms with Crippen molar-refractivity contribution in [2.24, 2.45) is 0 Å². The summed E-state index contributed by atoms with van der Waals surface area (Å²) in [4.78, 5) is 12.7. The Morgan fingerprint density at radius 3 is 2.88 bits per heavy atom. The molecule has 3 atom stereocenters. The van der Waals surface area contributed by atoms with Crippen molar-refractivity contribution >= 4 is 16.9 Å². The molecule has 1 saturated heterocycles. The predicted octanol–water partition coefficient (Wildman–Crippen LogP) is 0.716. The molecule has 0 saturated carbocycles. The number of aliphatic hydroxyl groups excluding tert-OH is 2. The first-order valence-electron chi connectivity index (χ1n) is 7.66. The number of hydrogen-bond acceptors (Lipinski definition) is 7. The zero-order valence-electron chi connectivity index (χ0n) is 12.8. The maximum absolute atomic E-state index is 10.3. The standard InChI is InChI=1S/C16H17N5O3/c17-14-13-10(11-3-1-2-4-18-11)6-21(15(13)20-8-19-14)16-12(23)5-9(7-22)24-16/h1-4,6,8-9,12,16,22-23H,5,7H2,(H2,17,19,20)/t9-,12+,16?/m0/s1. The molecule has 124 valence electrons. The number of hydrogen-bond donors (Lipinski definition) is 3. The Labute approximate surface area is 137 Å². The number of nitrogens with zero attached hydrogens (tertiary/aromatic N) is 4. The molecule has 0 aliphatic carbocycles. The minimum Gasteiger partial charge on any atom is -0.394 e. The minimum absolute atomic E-state index is 0.142. The van der Waals surface area contributed by atoms with Crippen LogP contribution in [0.25, 0.3) is 22.3 Å². The first-order chi connectivity index (χ1) is 11.7. The van der Waals surface area contributed by atoms with Gasteiger partial charge in [0.1, 0.15) is 23.9 Å². The van der Waals surface area contributed by atoms with Crippen LogP contribution in [0.1, 0.15) is 12.6 Å². The van der Waals surface area contributed by atoms with Crippen LogP contribution in [0, 0.1) is 0 Å². The van der Waals surface area contributed by atoms with E-state index in [0.29, 0.717) is 23.3 Å². The topological polar surface area (TPSA) is 119 Å². The van der Waals surface area contributed by atoms with Crippen LogP contribution in [0.3, 0.4) is 0 Å². The highest BCUT2D eigenvalue weighted by atomic mass is 16.5. The van der Waals surface area contributed by atoms with E-state index < -0.39 is 18.4 Å². The summed E-state index contributed by atoms with van der Waals surface area (Å²) < 4.78 is 7.48. The number of nitrogens with two attached hydrogens (primary N) is 1. The summed E-state index contributed by atoms with van der Waals surface area (Å²) in [6, 6.07) is 5.58. The van der Waals surface area contributed by atoms with Crippen LogP contribution in [0.15, 0.2) is 36.9 Å². The van der Waals surface area contributed by atoms with Crippen LogP contribution in [-0.4, -0.2) is 48.5 Å². The van der Waals surface area contributed by atoms with E-state index in [1.54, 1.807) is 10.8 Å². The molecule has 0 radical (unpaired) electrons. The Bertz CT molecular complexity index is 867. The van der Waals surface area contributed by atoms with Crippen molar-refractivity contribution in [2.45, 2.75) is 24.9 Å². The van der Waals surface area contributed by atoms with Crippen molar-refractivity contribution in [3.63, 3.8) is 0 Å². The van der Waals surface area contributed by atoms with E-state index in [2.05, 4.69) is 15.0 Å². The maximum Gasteiger partial charge on any atom is 0.161 e. The van der Waals surface area contributed by atoms with E-state index in [1.807, 2.05) is 24.4 Å². The van der Waals surface area contributed by atoms with Gasteiger partial charge in [0, 0.05) is 24.4 Å². The molecule has 0 amide bonds. The van der Waals surface area contributed by atoms with Crippen molar-refractivity contribution in [1.29, 1.82) is 0 Å². The second-order valence-corrected chi connectivity index (χ2v) is 5.76. The van der Waals surface area contributed by atoms with Crippen molar-refractivity contribution in [2.75, 3.05) is 12.3 Å². The van der Waals surface area contributed by atoms with Crippen molar-refractivity contribution in [3.8, 4) is 11.3 Å². The lowest BCUT2D eigenvalue weighted by Crippen LogP contribution is -2.19. The predicted molar refractivity (Wildman–Crippen MR) is 86.8 cm³/mol. The van der Waals surface area contributed by atoms with E-state index in [1.165, 1.54) is 6.33 Å².